The van der Waals surface area contributed by atoms with E-state index in [4.69, 9.17) is 0 Å². The Balaban J connectivity index is 1.81. The van der Waals surface area contributed by atoms with E-state index in [9.17, 15) is 18.0 Å². The second-order valence-electron chi connectivity index (χ2n) is 7.42. The van der Waals surface area contributed by atoms with E-state index in [1.165, 1.54) is 19.1 Å². The van der Waals surface area contributed by atoms with Crippen molar-refractivity contribution in [1.82, 2.24) is 4.72 Å². The van der Waals surface area contributed by atoms with Crippen molar-refractivity contribution in [2.24, 2.45) is 0 Å². The number of rotatable bonds is 8. The molecule has 1 atom stereocenters. The number of hydrogen-bond acceptors (Lipinski definition) is 4. The van der Waals surface area contributed by atoms with Gasteiger partial charge in [-0.15, -0.1) is 0 Å². The van der Waals surface area contributed by atoms with Gasteiger partial charge < -0.3 is 10.6 Å². The van der Waals surface area contributed by atoms with Crippen LogP contribution in [0, 0.1) is 6.92 Å². The summed E-state index contributed by atoms with van der Waals surface area (Å²) in [7, 11) is -3.91. The zero-order chi connectivity index (χ0) is 23.1. The van der Waals surface area contributed by atoms with Gasteiger partial charge in [0, 0.05) is 18.3 Å². The molecule has 7 nitrogen and oxygen atoms in total. The van der Waals surface area contributed by atoms with Crippen molar-refractivity contribution < 1.29 is 18.0 Å². The van der Waals surface area contributed by atoms with Crippen LogP contribution in [0.5, 0.6) is 0 Å². The second-order valence-corrected chi connectivity index (χ2v) is 9.14. The van der Waals surface area contributed by atoms with E-state index in [1.807, 2.05) is 37.3 Å². The third-order valence-electron chi connectivity index (χ3n) is 4.70. The third kappa shape index (κ3) is 6.50. The van der Waals surface area contributed by atoms with Crippen LogP contribution < -0.4 is 15.4 Å². The lowest BCUT2D eigenvalue weighted by Crippen LogP contribution is -2.45. The maximum Gasteiger partial charge on any atom is 0.242 e. The van der Waals surface area contributed by atoms with Gasteiger partial charge in [0.25, 0.3) is 0 Å². The molecule has 0 aromatic heterocycles. The first-order valence-corrected chi connectivity index (χ1v) is 11.5. The predicted molar refractivity (Wildman–Crippen MR) is 125 cm³/mol. The number of aryl methyl sites for hydroxylation is 1. The average molecular weight is 452 g/mol. The van der Waals surface area contributed by atoms with Crippen molar-refractivity contribution >= 4 is 33.2 Å². The average Bonchev–Trinajstić information content (AvgIpc) is 2.75. The molecule has 0 saturated heterocycles. The summed E-state index contributed by atoms with van der Waals surface area (Å²) in [5, 5.41) is 5.40. The normalized spacial score (nSPS) is 12.1. The highest BCUT2D eigenvalue weighted by Gasteiger charge is 2.26. The van der Waals surface area contributed by atoms with Crippen LogP contribution in [0.2, 0.25) is 0 Å². The molecule has 166 valence electrons. The summed E-state index contributed by atoms with van der Waals surface area (Å²) in [6.07, 6.45) is 0.182. The van der Waals surface area contributed by atoms with Crippen LogP contribution >= 0.6 is 0 Å². The number of hydrogen-bond donors (Lipinski definition) is 3. The van der Waals surface area contributed by atoms with Gasteiger partial charge in [0.15, 0.2) is 0 Å². The Morgan fingerprint density at radius 3 is 1.94 bits per heavy atom. The fourth-order valence-electron chi connectivity index (χ4n) is 3.08. The van der Waals surface area contributed by atoms with Crippen LogP contribution in [0.1, 0.15) is 18.1 Å². The minimum atomic E-state index is -3.91. The van der Waals surface area contributed by atoms with E-state index in [-0.39, 0.29) is 17.2 Å². The highest BCUT2D eigenvalue weighted by molar-refractivity contribution is 7.89. The molecular formula is C24H25N3O4S. The van der Waals surface area contributed by atoms with Crippen LogP contribution in [0.25, 0.3) is 0 Å². The van der Waals surface area contributed by atoms with Crippen LogP contribution in [-0.2, 0) is 26.0 Å². The fourth-order valence-corrected chi connectivity index (χ4v) is 4.28. The largest absolute Gasteiger partial charge is 0.326 e. The summed E-state index contributed by atoms with van der Waals surface area (Å²) in [4.78, 5) is 24.3. The van der Waals surface area contributed by atoms with Gasteiger partial charge in [0.2, 0.25) is 21.8 Å². The summed E-state index contributed by atoms with van der Waals surface area (Å²) >= 11 is 0. The quantitative estimate of drug-likeness (QED) is 0.488. The van der Waals surface area contributed by atoms with Crippen molar-refractivity contribution in [3.63, 3.8) is 0 Å². The van der Waals surface area contributed by atoms with Gasteiger partial charge in [0.05, 0.1) is 4.90 Å². The van der Waals surface area contributed by atoms with E-state index in [1.54, 1.807) is 36.4 Å². The van der Waals surface area contributed by atoms with Crippen molar-refractivity contribution in [1.29, 1.82) is 0 Å². The van der Waals surface area contributed by atoms with Gasteiger partial charge >= 0.3 is 0 Å². The zero-order valence-corrected chi connectivity index (χ0v) is 18.6. The van der Waals surface area contributed by atoms with Crippen LogP contribution in [0.4, 0.5) is 11.4 Å². The minimum Gasteiger partial charge on any atom is -0.326 e. The number of anilines is 2. The topological polar surface area (TPSA) is 104 Å². The molecule has 3 aromatic carbocycles. The molecule has 0 heterocycles. The third-order valence-corrected chi connectivity index (χ3v) is 6.19. The Morgan fingerprint density at radius 1 is 0.812 bits per heavy atom. The molecule has 8 heteroatoms. The molecule has 0 unspecified atom stereocenters. The summed E-state index contributed by atoms with van der Waals surface area (Å²) in [5.41, 5.74) is 2.83. The van der Waals surface area contributed by atoms with Crippen LogP contribution in [-0.4, -0.2) is 26.3 Å². The molecular weight excluding hydrogens is 426 g/mol. The SMILES string of the molecule is CC(=O)Nc1ccc(NC(=O)[C@H](Cc2ccccc2)NS(=O)(=O)c2ccc(C)cc2)cc1. The predicted octanol–water partition coefficient (Wildman–Crippen LogP) is 3.48. The zero-order valence-electron chi connectivity index (χ0n) is 17.8. The molecule has 3 rings (SSSR count). The molecule has 0 saturated carbocycles. The first-order valence-electron chi connectivity index (χ1n) is 10.0. The first kappa shape index (κ1) is 23.2. The number of nitrogens with one attached hydrogen (secondary N) is 3. The van der Waals surface area contributed by atoms with E-state index in [0.717, 1.165) is 11.1 Å². The number of carbonyl (C=O) groups is 2. The van der Waals surface area contributed by atoms with E-state index in [0.29, 0.717) is 11.4 Å². The first-order chi connectivity index (χ1) is 15.2. The number of amides is 2. The standard InChI is InChI=1S/C24H25N3O4S/c1-17-8-14-22(15-9-17)32(30,31)27-23(16-19-6-4-3-5-7-19)24(29)26-21-12-10-20(11-13-21)25-18(2)28/h3-15,23,27H,16H2,1-2H3,(H,25,28)(H,26,29)/t23-/m0/s1. The maximum absolute atomic E-state index is 13.0. The van der Waals surface area contributed by atoms with Crippen LogP contribution in [0.3, 0.4) is 0 Å². The van der Waals surface area contributed by atoms with Gasteiger partial charge in [-0.25, -0.2) is 8.42 Å². The van der Waals surface area contributed by atoms with Crippen molar-refractivity contribution in [3.05, 3.63) is 90.0 Å². The molecule has 0 aliphatic carbocycles. The van der Waals surface area contributed by atoms with E-state index >= 15 is 0 Å². The van der Waals surface area contributed by atoms with Gasteiger partial charge in [-0.2, -0.15) is 4.72 Å². The molecule has 2 amide bonds. The van der Waals surface area contributed by atoms with Gasteiger partial charge in [0.1, 0.15) is 6.04 Å². The van der Waals surface area contributed by atoms with Gasteiger partial charge in [-0.1, -0.05) is 48.0 Å². The fraction of sp³-hybridized carbons (Fsp3) is 0.167. The molecule has 3 aromatic rings. The smallest absolute Gasteiger partial charge is 0.242 e. The van der Waals surface area contributed by atoms with Crippen molar-refractivity contribution in [3.8, 4) is 0 Å². The van der Waals surface area contributed by atoms with Gasteiger partial charge in [-0.05, 0) is 55.3 Å². The van der Waals surface area contributed by atoms with Gasteiger partial charge in [-0.3, -0.25) is 9.59 Å². The Morgan fingerprint density at radius 2 is 1.38 bits per heavy atom. The minimum absolute atomic E-state index is 0.0913. The highest BCUT2D eigenvalue weighted by Crippen LogP contribution is 2.16. The molecule has 0 spiro atoms. The lowest BCUT2D eigenvalue weighted by Gasteiger charge is -2.19. The summed E-state index contributed by atoms with van der Waals surface area (Å²) in [5.74, 6) is -0.688. The summed E-state index contributed by atoms with van der Waals surface area (Å²) < 4.78 is 28.4. The molecule has 0 bridgehead atoms. The number of benzene rings is 3. The van der Waals surface area contributed by atoms with E-state index < -0.39 is 22.0 Å². The number of sulfonamides is 1. The Kier molecular flexibility index (Phi) is 7.40. The van der Waals surface area contributed by atoms with Crippen molar-refractivity contribution in [2.75, 3.05) is 10.6 Å². The molecule has 0 aliphatic rings. The lowest BCUT2D eigenvalue weighted by atomic mass is 10.1. The summed E-state index contributed by atoms with van der Waals surface area (Å²) in [6.45, 7) is 3.27. The summed E-state index contributed by atoms with van der Waals surface area (Å²) in [6, 6.07) is 21.2. The second kappa shape index (κ2) is 10.2. The van der Waals surface area contributed by atoms with Crippen molar-refractivity contribution in [2.45, 2.75) is 31.2 Å². The Hall–Kier alpha value is -3.49. The molecule has 0 aliphatic heterocycles. The lowest BCUT2D eigenvalue weighted by molar-refractivity contribution is -0.117. The molecule has 0 radical (unpaired) electrons. The monoisotopic (exact) mass is 451 g/mol. The molecule has 0 fully saturated rings. The van der Waals surface area contributed by atoms with Crippen LogP contribution in [0.15, 0.2) is 83.8 Å². The Bertz CT molecular complexity index is 1180. The molecule has 3 N–H and O–H groups in total. The Labute approximate surface area is 187 Å². The highest BCUT2D eigenvalue weighted by atomic mass is 32.2. The van der Waals surface area contributed by atoms with E-state index in [2.05, 4.69) is 15.4 Å². The number of carbonyl (C=O) groups excluding carboxylic acids is 2. The molecule has 32 heavy (non-hydrogen) atoms. The maximum atomic E-state index is 13.0.